The molecule has 64 valence electrons. The molecule has 1 aromatic rings. The maximum absolute atomic E-state index is 2.34. The highest BCUT2D eigenvalue weighted by molar-refractivity contribution is 5.25. The number of nitrogens with zero attached hydrogens (tertiary/aromatic N) is 1. The van der Waals surface area contributed by atoms with E-state index in [4.69, 9.17) is 0 Å². The summed E-state index contributed by atoms with van der Waals surface area (Å²) in [5.41, 5.74) is 4.52. The molecule has 12 heavy (non-hydrogen) atoms. The van der Waals surface area contributed by atoms with E-state index in [1.165, 1.54) is 31.4 Å². The summed E-state index contributed by atoms with van der Waals surface area (Å²) in [6.07, 6.45) is 7.61. The van der Waals surface area contributed by atoms with E-state index in [0.29, 0.717) is 0 Å². The highest BCUT2D eigenvalue weighted by Crippen LogP contribution is 2.19. The van der Waals surface area contributed by atoms with Crippen LogP contribution in [-0.4, -0.2) is 0 Å². The van der Waals surface area contributed by atoms with Crippen LogP contribution in [0.4, 0.5) is 0 Å². The van der Waals surface area contributed by atoms with Crippen LogP contribution in [0.5, 0.6) is 0 Å². The maximum atomic E-state index is 2.34. The molecular weight excluding hydrogens is 146 g/mol. The van der Waals surface area contributed by atoms with Crippen LogP contribution in [-0.2, 0) is 19.9 Å². The van der Waals surface area contributed by atoms with Gasteiger partial charge in [0.05, 0.1) is 0 Å². The van der Waals surface area contributed by atoms with Gasteiger partial charge in [-0.2, -0.15) is 0 Å². The summed E-state index contributed by atoms with van der Waals surface area (Å²) in [7, 11) is 2.13. The third kappa shape index (κ3) is 1.24. The van der Waals surface area contributed by atoms with Crippen LogP contribution in [0.25, 0.3) is 0 Å². The van der Waals surface area contributed by atoms with E-state index in [9.17, 15) is 0 Å². The fourth-order valence-corrected chi connectivity index (χ4v) is 1.95. The number of aryl methyl sites for hydroxylation is 4. The molecule has 1 aliphatic carbocycles. The highest BCUT2D eigenvalue weighted by atomic mass is 14.9. The van der Waals surface area contributed by atoms with Crippen LogP contribution in [0.3, 0.4) is 0 Å². The molecule has 1 heterocycles. The molecule has 0 N–H and O–H groups in total. The zero-order valence-corrected chi connectivity index (χ0v) is 7.93. The van der Waals surface area contributed by atoms with Crippen molar-refractivity contribution in [3.8, 4) is 0 Å². The highest BCUT2D eigenvalue weighted by Gasteiger charge is 2.13. The lowest BCUT2D eigenvalue weighted by molar-refractivity contribution is -0.678. The molecule has 0 bridgehead atoms. The van der Waals surface area contributed by atoms with E-state index in [2.05, 4.69) is 30.8 Å². The van der Waals surface area contributed by atoms with Gasteiger partial charge in [-0.25, -0.2) is 4.57 Å². The Morgan fingerprint density at radius 3 is 2.58 bits per heavy atom. The molecule has 0 aromatic carbocycles. The van der Waals surface area contributed by atoms with Crippen LogP contribution >= 0.6 is 0 Å². The number of fused-ring (bicyclic) bond motifs is 1. The molecule has 0 amide bonds. The van der Waals surface area contributed by atoms with E-state index >= 15 is 0 Å². The molecule has 0 spiro atoms. The van der Waals surface area contributed by atoms with Crippen LogP contribution in [0, 0.1) is 6.92 Å². The van der Waals surface area contributed by atoms with Gasteiger partial charge in [0.2, 0.25) is 0 Å². The molecule has 1 nitrogen and oxygen atoms in total. The van der Waals surface area contributed by atoms with Crippen molar-refractivity contribution in [3.05, 3.63) is 29.1 Å². The molecule has 1 aromatic heterocycles. The lowest BCUT2D eigenvalue weighted by Gasteiger charge is -2.13. The van der Waals surface area contributed by atoms with E-state index in [1.54, 1.807) is 11.1 Å². The summed E-state index contributed by atoms with van der Waals surface area (Å²) in [6, 6.07) is 2.34. The Kier molecular flexibility index (Phi) is 1.87. The molecule has 0 saturated carbocycles. The van der Waals surface area contributed by atoms with Crippen LogP contribution in [0.2, 0.25) is 0 Å². The van der Waals surface area contributed by atoms with E-state index in [0.717, 1.165) is 0 Å². The zero-order valence-electron chi connectivity index (χ0n) is 7.93. The smallest absolute Gasteiger partial charge is 0.178 e. The van der Waals surface area contributed by atoms with Crippen molar-refractivity contribution < 1.29 is 4.57 Å². The first kappa shape index (κ1) is 7.78. The Morgan fingerprint density at radius 1 is 1.17 bits per heavy atom. The first-order valence-electron chi connectivity index (χ1n) is 4.75. The maximum Gasteiger partial charge on any atom is 0.178 e. The molecule has 0 unspecified atom stereocenters. The molecule has 1 aliphatic rings. The Hall–Kier alpha value is -0.850. The Balaban J connectivity index is 2.49. The normalized spacial score (nSPS) is 15.8. The van der Waals surface area contributed by atoms with Gasteiger partial charge in [0, 0.05) is 18.6 Å². The molecule has 0 radical (unpaired) electrons. The van der Waals surface area contributed by atoms with Gasteiger partial charge in [-0.15, -0.1) is 0 Å². The topological polar surface area (TPSA) is 3.88 Å². The van der Waals surface area contributed by atoms with Crippen molar-refractivity contribution in [3.63, 3.8) is 0 Å². The van der Waals surface area contributed by atoms with Gasteiger partial charge in [0.25, 0.3) is 0 Å². The van der Waals surface area contributed by atoms with Gasteiger partial charge in [0.1, 0.15) is 7.05 Å². The van der Waals surface area contributed by atoms with Crippen molar-refractivity contribution in [1.82, 2.24) is 0 Å². The van der Waals surface area contributed by atoms with Gasteiger partial charge in [-0.05, 0) is 31.2 Å². The summed E-state index contributed by atoms with van der Waals surface area (Å²) < 4.78 is 2.23. The second-order valence-corrected chi connectivity index (χ2v) is 3.78. The number of pyridine rings is 1. The largest absolute Gasteiger partial charge is 0.205 e. The van der Waals surface area contributed by atoms with Gasteiger partial charge in [-0.1, -0.05) is 0 Å². The average Bonchev–Trinajstić information content (AvgIpc) is 2.07. The van der Waals surface area contributed by atoms with Crippen molar-refractivity contribution in [2.45, 2.75) is 32.6 Å². The Bertz CT molecular complexity index is 271. The number of hydrogen-bond acceptors (Lipinski definition) is 0. The van der Waals surface area contributed by atoms with Crippen LogP contribution < -0.4 is 4.57 Å². The molecular formula is C11H16N+. The summed E-state index contributed by atoms with van der Waals surface area (Å²) >= 11 is 0. The Morgan fingerprint density at radius 2 is 1.83 bits per heavy atom. The predicted molar refractivity (Wildman–Crippen MR) is 49.0 cm³/mol. The van der Waals surface area contributed by atoms with Crippen LogP contribution in [0.1, 0.15) is 29.7 Å². The standard InChI is InChI=1S/C11H16N/c1-9-7-10-5-3-4-6-11(10)8-12(9)2/h7-8H,3-6H2,1-2H3/q+1. The molecule has 0 fully saturated rings. The second kappa shape index (κ2) is 2.89. The quantitative estimate of drug-likeness (QED) is 0.511. The van der Waals surface area contributed by atoms with E-state index in [1.807, 2.05) is 0 Å². The first-order valence-corrected chi connectivity index (χ1v) is 4.75. The second-order valence-electron chi connectivity index (χ2n) is 3.78. The zero-order chi connectivity index (χ0) is 8.55. The molecule has 0 aliphatic heterocycles. The van der Waals surface area contributed by atoms with Crippen molar-refractivity contribution >= 4 is 0 Å². The minimum absolute atomic E-state index is 1.28. The number of aromatic nitrogens is 1. The van der Waals surface area contributed by atoms with E-state index < -0.39 is 0 Å². The van der Waals surface area contributed by atoms with Gasteiger partial charge >= 0.3 is 0 Å². The monoisotopic (exact) mass is 162 g/mol. The Labute approximate surface area is 74.0 Å². The fraction of sp³-hybridized carbons (Fsp3) is 0.545. The van der Waals surface area contributed by atoms with Gasteiger partial charge in [-0.3, -0.25) is 0 Å². The van der Waals surface area contributed by atoms with E-state index in [-0.39, 0.29) is 0 Å². The summed E-state index contributed by atoms with van der Waals surface area (Å²) in [6.45, 7) is 2.18. The average molecular weight is 162 g/mol. The van der Waals surface area contributed by atoms with Gasteiger partial charge in [0.15, 0.2) is 11.9 Å². The first-order chi connectivity index (χ1) is 5.77. The molecule has 0 saturated heterocycles. The molecule has 2 rings (SSSR count). The van der Waals surface area contributed by atoms with Crippen LogP contribution in [0.15, 0.2) is 12.3 Å². The fourth-order valence-electron chi connectivity index (χ4n) is 1.95. The van der Waals surface area contributed by atoms with Gasteiger partial charge < -0.3 is 0 Å². The predicted octanol–water partition coefficient (Wildman–Crippen LogP) is 1.70. The third-order valence-electron chi connectivity index (χ3n) is 2.84. The third-order valence-corrected chi connectivity index (χ3v) is 2.84. The minimum Gasteiger partial charge on any atom is -0.205 e. The number of hydrogen-bond donors (Lipinski definition) is 0. The lowest BCUT2D eigenvalue weighted by Crippen LogP contribution is -2.33. The van der Waals surface area contributed by atoms with Crippen molar-refractivity contribution in [2.75, 3.05) is 0 Å². The SMILES string of the molecule is Cc1cc2c(c[n+]1C)CCCC2. The molecule has 0 atom stereocenters. The summed E-state index contributed by atoms with van der Waals surface area (Å²) in [5, 5.41) is 0. The lowest BCUT2D eigenvalue weighted by atomic mass is 9.93. The van der Waals surface area contributed by atoms with Crippen molar-refractivity contribution in [2.24, 2.45) is 7.05 Å². The van der Waals surface area contributed by atoms with Crippen molar-refractivity contribution in [1.29, 1.82) is 0 Å². The summed E-state index contributed by atoms with van der Waals surface area (Å²) in [4.78, 5) is 0. The summed E-state index contributed by atoms with van der Waals surface area (Å²) in [5.74, 6) is 0. The number of rotatable bonds is 0. The molecule has 1 heteroatoms. The minimum atomic E-state index is 1.28.